The summed E-state index contributed by atoms with van der Waals surface area (Å²) in [5.41, 5.74) is 13.3. The molecule has 4 N–H and O–H groups in total. The summed E-state index contributed by atoms with van der Waals surface area (Å²) in [5.74, 6) is 0. The van der Waals surface area contributed by atoms with Crippen molar-refractivity contribution in [1.82, 2.24) is 4.98 Å². The van der Waals surface area contributed by atoms with Crippen molar-refractivity contribution in [2.45, 2.75) is 38.9 Å². The Hall–Kier alpha value is -1.37. The van der Waals surface area contributed by atoms with Gasteiger partial charge in [-0.1, -0.05) is 6.08 Å². The van der Waals surface area contributed by atoms with E-state index in [9.17, 15) is 0 Å². The summed E-state index contributed by atoms with van der Waals surface area (Å²) in [5, 5.41) is 0. The summed E-state index contributed by atoms with van der Waals surface area (Å²) in [6.07, 6.45) is 5.25. The fourth-order valence-corrected chi connectivity index (χ4v) is 1.96. The van der Waals surface area contributed by atoms with E-state index in [0.717, 1.165) is 11.0 Å². The van der Waals surface area contributed by atoms with Gasteiger partial charge in [-0.3, -0.25) is 4.98 Å². The molecular formula is C14H22BN3O2. The van der Waals surface area contributed by atoms with Crippen molar-refractivity contribution in [2.24, 2.45) is 5.73 Å². The predicted octanol–water partition coefficient (Wildman–Crippen LogP) is 1.64. The number of nitrogens with zero attached hydrogens (tertiary/aromatic N) is 1. The van der Waals surface area contributed by atoms with E-state index in [2.05, 4.69) is 4.98 Å². The van der Waals surface area contributed by atoms with Crippen molar-refractivity contribution >= 4 is 18.9 Å². The maximum absolute atomic E-state index is 6.00. The molecule has 1 fully saturated rings. The first-order valence-electron chi connectivity index (χ1n) is 6.72. The minimum atomic E-state index is -0.454. The van der Waals surface area contributed by atoms with Crippen molar-refractivity contribution in [3.63, 3.8) is 0 Å². The molecule has 1 saturated heterocycles. The minimum Gasteiger partial charge on any atom is -0.400 e. The maximum Gasteiger partial charge on any atom is 0.491 e. The maximum atomic E-state index is 6.00. The third-order valence-corrected chi connectivity index (χ3v) is 4.02. The molecule has 1 aromatic heterocycles. The first-order chi connectivity index (χ1) is 9.27. The number of nitrogen functional groups attached to an aromatic ring is 1. The Bertz CT molecular complexity index is 513. The minimum absolute atomic E-state index is 0.338. The van der Waals surface area contributed by atoms with Crippen LogP contribution in [0, 0.1) is 0 Å². The van der Waals surface area contributed by atoms with Gasteiger partial charge in [0.05, 0.1) is 11.2 Å². The van der Waals surface area contributed by atoms with Gasteiger partial charge in [-0.05, 0) is 39.2 Å². The number of hydrogen-bond acceptors (Lipinski definition) is 5. The summed E-state index contributed by atoms with van der Waals surface area (Å²) >= 11 is 0. The van der Waals surface area contributed by atoms with E-state index >= 15 is 0 Å². The van der Waals surface area contributed by atoms with Crippen LogP contribution in [-0.2, 0) is 9.31 Å². The molecule has 0 atom stereocenters. The number of pyridine rings is 1. The van der Waals surface area contributed by atoms with Gasteiger partial charge in [0.2, 0.25) is 0 Å². The van der Waals surface area contributed by atoms with E-state index in [0.29, 0.717) is 12.2 Å². The molecule has 2 rings (SSSR count). The molecule has 0 aromatic carbocycles. The van der Waals surface area contributed by atoms with Crippen molar-refractivity contribution in [3.05, 3.63) is 29.5 Å². The van der Waals surface area contributed by atoms with Gasteiger partial charge in [0.15, 0.2) is 0 Å². The molecule has 108 valence electrons. The third-order valence-electron chi connectivity index (χ3n) is 4.02. The zero-order valence-corrected chi connectivity index (χ0v) is 12.5. The topological polar surface area (TPSA) is 83.4 Å². The normalized spacial score (nSPS) is 21.2. The van der Waals surface area contributed by atoms with Crippen LogP contribution in [0.25, 0.3) is 6.08 Å². The Kier molecular flexibility index (Phi) is 3.91. The Morgan fingerprint density at radius 3 is 2.40 bits per heavy atom. The molecule has 0 saturated carbocycles. The first kappa shape index (κ1) is 15.0. The second kappa shape index (κ2) is 5.20. The molecule has 6 heteroatoms. The number of nitrogens with two attached hydrogens (primary N) is 2. The van der Waals surface area contributed by atoms with E-state index in [1.165, 1.54) is 0 Å². The van der Waals surface area contributed by atoms with Crippen molar-refractivity contribution in [2.75, 3.05) is 12.3 Å². The lowest BCUT2D eigenvalue weighted by atomic mass is 9.77. The molecule has 0 radical (unpaired) electrons. The number of aromatic nitrogens is 1. The molecule has 0 bridgehead atoms. The molecule has 1 aliphatic rings. The van der Waals surface area contributed by atoms with Gasteiger partial charge in [0.25, 0.3) is 0 Å². The summed E-state index contributed by atoms with van der Waals surface area (Å²) in [4.78, 5) is 4.07. The van der Waals surface area contributed by atoms with Crippen LogP contribution in [0.2, 0.25) is 0 Å². The summed E-state index contributed by atoms with van der Waals surface area (Å²) < 4.78 is 12.0. The van der Waals surface area contributed by atoms with E-state index in [1.54, 1.807) is 18.5 Å². The molecule has 1 aliphatic heterocycles. The van der Waals surface area contributed by atoms with Crippen molar-refractivity contribution in [1.29, 1.82) is 0 Å². The van der Waals surface area contributed by atoms with Crippen LogP contribution in [0.15, 0.2) is 23.9 Å². The van der Waals surface area contributed by atoms with Gasteiger partial charge in [0.1, 0.15) is 0 Å². The second-order valence-electron chi connectivity index (χ2n) is 6.02. The molecule has 2 heterocycles. The molecule has 20 heavy (non-hydrogen) atoms. The van der Waals surface area contributed by atoms with Crippen LogP contribution in [0.1, 0.15) is 33.3 Å². The fraction of sp³-hybridized carbons (Fsp3) is 0.500. The van der Waals surface area contributed by atoms with E-state index in [4.69, 9.17) is 20.8 Å². The molecule has 0 aliphatic carbocycles. The third kappa shape index (κ3) is 2.72. The summed E-state index contributed by atoms with van der Waals surface area (Å²) in [6.45, 7) is 8.39. The molecule has 1 aromatic rings. The zero-order chi connectivity index (χ0) is 15.0. The van der Waals surface area contributed by atoms with Gasteiger partial charge in [-0.25, -0.2) is 0 Å². The monoisotopic (exact) mass is 275 g/mol. The van der Waals surface area contributed by atoms with Crippen LogP contribution in [0.4, 0.5) is 5.69 Å². The van der Waals surface area contributed by atoms with Crippen LogP contribution in [0.5, 0.6) is 0 Å². The van der Waals surface area contributed by atoms with Crippen molar-refractivity contribution in [3.8, 4) is 0 Å². The van der Waals surface area contributed by atoms with Crippen LogP contribution in [0.3, 0.4) is 0 Å². The van der Waals surface area contributed by atoms with E-state index in [1.807, 2.05) is 33.8 Å². The Morgan fingerprint density at radius 2 is 1.90 bits per heavy atom. The number of anilines is 1. The SMILES string of the molecule is CC1(C)OB(C(=Cc2cnccc2N)CN)OC1(C)C. The second-order valence-corrected chi connectivity index (χ2v) is 6.02. The molecule has 0 spiro atoms. The lowest BCUT2D eigenvalue weighted by molar-refractivity contribution is 0.00578. The van der Waals surface area contributed by atoms with Crippen molar-refractivity contribution < 1.29 is 9.31 Å². The highest BCUT2D eigenvalue weighted by Gasteiger charge is 2.52. The van der Waals surface area contributed by atoms with Crippen LogP contribution >= 0.6 is 0 Å². The molecule has 5 nitrogen and oxygen atoms in total. The molecular weight excluding hydrogens is 253 g/mol. The quantitative estimate of drug-likeness (QED) is 0.819. The highest BCUT2D eigenvalue weighted by molar-refractivity contribution is 6.56. The zero-order valence-electron chi connectivity index (χ0n) is 12.5. The Morgan fingerprint density at radius 1 is 1.30 bits per heavy atom. The number of hydrogen-bond donors (Lipinski definition) is 2. The first-order valence-corrected chi connectivity index (χ1v) is 6.72. The largest absolute Gasteiger partial charge is 0.491 e. The van der Waals surface area contributed by atoms with Gasteiger partial charge in [0, 0.05) is 30.2 Å². The smallest absolute Gasteiger partial charge is 0.400 e. The lowest BCUT2D eigenvalue weighted by Crippen LogP contribution is -2.41. The number of rotatable bonds is 3. The van der Waals surface area contributed by atoms with Gasteiger partial charge >= 0.3 is 7.12 Å². The Labute approximate surface area is 120 Å². The summed E-state index contributed by atoms with van der Waals surface area (Å²) in [7, 11) is -0.454. The highest BCUT2D eigenvalue weighted by Crippen LogP contribution is 2.38. The van der Waals surface area contributed by atoms with Crippen LogP contribution < -0.4 is 11.5 Å². The highest BCUT2D eigenvalue weighted by atomic mass is 16.7. The molecule has 0 unspecified atom stereocenters. The average molecular weight is 275 g/mol. The standard InChI is InChI=1S/C14H22BN3O2/c1-13(2)14(3,4)20-15(19-13)11(8-16)7-10-9-18-6-5-12(10)17/h5-7,9H,8,16H2,1-4H3,(H2,17,18). The Balaban J connectivity index is 2.29. The summed E-state index contributed by atoms with van der Waals surface area (Å²) in [6, 6.07) is 1.75. The fourth-order valence-electron chi connectivity index (χ4n) is 1.96. The lowest BCUT2D eigenvalue weighted by Gasteiger charge is -2.32. The van der Waals surface area contributed by atoms with Gasteiger partial charge < -0.3 is 20.8 Å². The van der Waals surface area contributed by atoms with E-state index in [-0.39, 0.29) is 11.2 Å². The molecule has 0 amide bonds. The van der Waals surface area contributed by atoms with E-state index < -0.39 is 7.12 Å². The predicted molar refractivity (Wildman–Crippen MR) is 81.8 cm³/mol. The average Bonchev–Trinajstić information content (AvgIpc) is 2.57. The van der Waals surface area contributed by atoms with Gasteiger partial charge in [-0.15, -0.1) is 0 Å². The van der Waals surface area contributed by atoms with Crippen LogP contribution in [-0.4, -0.2) is 29.8 Å². The van der Waals surface area contributed by atoms with Gasteiger partial charge in [-0.2, -0.15) is 0 Å².